The zero-order valence-electron chi connectivity index (χ0n) is 11.1. The number of benzene rings is 1. The van der Waals surface area contributed by atoms with Gasteiger partial charge in [-0.1, -0.05) is 49.0 Å². The lowest BCUT2D eigenvalue weighted by atomic mass is 9.63. The van der Waals surface area contributed by atoms with E-state index in [0.717, 1.165) is 6.54 Å². The van der Waals surface area contributed by atoms with E-state index in [0.29, 0.717) is 16.0 Å². The van der Waals surface area contributed by atoms with Gasteiger partial charge in [-0.3, -0.25) is 0 Å². The molecule has 2 atom stereocenters. The molecule has 0 amide bonds. The lowest BCUT2D eigenvalue weighted by molar-refractivity contribution is 0.197. The van der Waals surface area contributed by atoms with Gasteiger partial charge in [0.2, 0.25) is 0 Å². The first-order valence-corrected chi connectivity index (χ1v) is 7.46. The molecule has 1 N–H and O–H groups in total. The highest BCUT2D eigenvalue weighted by Crippen LogP contribution is 2.44. The fraction of sp³-hybridized carbons (Fsp3) is 0.600. The molecule has 1 nitrogen and oxygen atoms in total. The Bertz CT molecular complexity index is 415. The van der Waals surface area contributed by atoms with E-state index in [-0.39, 0.29) is 5.41 Å². The predicted octanol–water partition coefficient (Wildman–Crippen LogP) is 4.66. The second-order valence-electron chi connectivity index (χ2n) is 5.46. The van der Waals surface area contributed by atoms with Crippen molar-refractivity contribution in [3.63, 3.8) is 0 Å². The third kappa shape index (κ3) is 2.54. The molecule has 1 aromatic rings. The fourth-order valence-corrected chi connectivity index (χ4v) is 3.63. The van der Waals surface area contributed by atoms with Gasteiger partial charge in [-0.2, -0.15) is 0 Å². The molecular weight excluding hydrogens is 265 g/mol. The van der Waals surface area contributed by atoms with Crippen molar-refractivity contribution in [2.75, 3.05) is 13.6 Å². The summed E-state index contributed by atoms with van der Waals surface area (Å²) in [6.45, 7) is 3.37. The summed E-state index contributed by atoms with van der Waals surface area (Å²) in [4.78, 5) is 0. The minimum absolute atomic E-state index is 0.210. The van der Waals surface area contributed by atoms with E-state index in [9.17, 15) is 0 Å². The number of halogens is 2. The largest absolute Gasteiger partial charge is 0.319 e. The monoisotopic (exact) mass is 285 g/mol. The lowest BCUT2D eigenvalue weighted by Gasteiger charge is -2.43. The van der Waals surface area contributed by atoms with E-state index in [1.54, 1.807) is 0 Å². The van der Waals surface area contributed by atoms with Gasteiger partial charge in [0.15, 0.2) is 0 Å². The molecule has 1 fully saturated rings. The van der Waals surface area contributed by atoms with Gasteiger partial charge in [0.25, 0.3) is 0 Å². The highest BCUT2D eigenvalue weighted by Gasteiger charge is 2.39. The van der Waals surface area contributed by atoms with E-state index >= 15 is 0 Å². The summed E-state index contributed by atoms with van der Waals surface area (Å²) in [5.41, 5.74) is 1.54. The third-order valence-electron chi connectivity index (χ3n) is 4.44. The van der Waals surface area contributed by atoms with Crippen LogP contribution in [0.15, 0.2) is 18.2 Å². The van der Waals surface area contributed by atoms with Crippen molar-refractivity contribution in [3.05, 3.63) is 33.8 Å². The standard InChI is InChI=1S/C15H21Cl2N/c1-11-5-3-4-8-15(11,10-18-2)12-6-7-13(16)14(17)9-12/h6-7,9,11,18H,3-5,8,10H2,1-2H3/t11-,15+/m0/s1. The van der Waals surface area contributed by atoms with Crippen LogP contribution in [0.2, 0.25) is 10.0 Å². The Morgan fingerprint density at radius 1 is 1.28 bits per heavy atom. The molecular formula is C15H21Cl2N. The van der Waals surface area contributed by atoms with Crippen LogP contribution in [-0.2, 0) is 5.41 Å². The minimum atomic E-state index is 0.210. The van der Waals surface area contributed by atoms with Gasteiger partial charge in [0, 0.05) is 12.0 Å². The fourth-order valence-electron chi connectivity index (χ4n) is 3.33. The topological polar surface area (TPSA) is 12.0 Å². The first-order valence-electron chi connectivity index (χ1n) is 6.70. The van der Waals surface area contributed by atoms with Gasteiger partial charge in [0.05, 0.1) is 10.0 Å². The zero-order chi connectivity index (χ0) is 13.2. The minimum Gasteiger partial charge on any atom is -0.319 e. The van der Waals surface area contributed by atoms with E-state index in [1.165, 1.54) is 31.2 Å². The highest BCUT2D eigenvalue weighted by molar-refractivity contribution is 6.42. The number of hydrogen-bond acceptors (Lipinski definition) is 1. The second kappa shape index (κ2) is 5.81. The normalized spacial score (nSPS) is 28.3. The van der Waals surface area contributed by atoms with Crippen LogP contribution in [0, 0.1) is 5.92 Å². The average molecular weight is 286 g/mol. The van der Waals surface area contributed by atoms with E-state index in [2.05, 4.69) is 24.4 Å². The number of nitrogens with one attached hydrogen (secondary N) is 1. The summed E-state index contributed by atoms with van der Waals surface area (Å²) in [5.74, 6) is 0.677. The first-order chi connectivity index (χ1) is 8.60. The van der Waals surface area contributed by atoms with Crippen LogP contribution in [0.3, 0.4) is 0 Å². The van der Waals surface area contributed by atoms with Gasteiger partial charge in [0.1, 0.15) is 0 Å². The van der Waals surface area contributed by atoms with Crippen molar-refractivity contribution in [1.82, 2.24) is 5.32 Å². The van der Waals surface area contributed by atoms with Crippen molar-refractivity contribution in [2.45, 2.75) is 38.0 Å². The van der Waals surface area contributed by atoms with Crippen molar-refractivity contribution in [3.8, 4) is 0 Å². The zero-order valence-corrected chi connectivity index (χ0v) is 12.6. The van der Waals surface area contributed by atoms with Crippen LogP contribution in [0.25, 0.3) is 0 Å². The van der Waals surface area contributed by atoms with Crippen molar-refractivity contribution in [1.29, 1.82) is 0 Å². The van der Waals surface area contributed by atoms with Crippen molar-refractivity contribution in [2.24, 2.45) is 5.92 Å². The molecule has 0 aliphatic heterocycles. The Balaban J connectivity index is 2.42. The second-order valence-corrected chi connectivity index (χ2v) is 6.28. The molecule has 0 bridgehead atoms. The van der Waals surface area contributed by atoms with Gasteiger partial charge in [-0.15, -0.1) is 0 Å². The Kier molecular flexibility index (Phi) is 4.58. The molecule has 2 rings (SSSR count). The molecule has 1 saturated carbocycles. The van der Waals surface area contributed by atoms with E-state index < -0.39 is 0 Å². The molecule has 18 heavy (non-hydrogen) atoms. The molecule has 1 aromatic carbocycles. The van der Waals surface area contributed by atoms with E-state index in [1.807, 2.05) is 13.1 Å². The Morgan fingerprint density at radius 3 is 2.67 bits per heavy atom. The molecule has 1 aliphatic carbocycles. The molecule has 0 radical (unpaired) electrons. The summed E-state index contributed by atoms with van der Waals surface area (Å²) in [5, 5.41) is 4.68. The van der Waals surface area contributed by atoms with Gasteiger partial charge in [-0.05, 0) is 43.5 Å². The van der Waals surface area contributed by atoms with Crippen LogP contribution in [0.4, 0.5) is 0 Å². The molecule has 0 aromatic heterocycles. The van der Waals surface area contributed by atoms with E-state index in [4.69, 9.17) is 23.2 Å². The maximum atomic E-state index is 6.19. The highest BCUT2D eigenvalue weighted by atomic mass is 35.5. The first kappa shape index (κ1) is 14.2. The van der Waals surface area contributed by atoms with Crippen LogP contribution in [0.1, 0.15) is 38.2 Å². The van der Waals surface area contributed by atoms with Crippen LogP contribution >= 0.6 is 23.2 Å². The Morgan fingerprint density at radius 2 is 2.06 bits per heavy atom. The molecule has 3 heteroatoms. The van der Waals surface area contributed by atoms with Gasteiger partial charge >= 0.3 is 0 Å². The maximum Gasteiger partial charge on any atom is 0.0595 e. The molecule has 0 saturated heterocycles. The van der Waals surface area contributed by atoms with Crippen LogP contribution in [-0.4, -0.2) is 13.6 Å². The number of rotatable bonds is 3. The van der Waals surface area contributed by atoms with Crippen LogP contribution in [0.5, 0.6) is 0 Å². The smallest absolute Gasteiger partial charge is 0.0595 e. The third-order valence-corrected chi connectivity index (χ3v) is 5.18. The predicted molar refractivity (Wildman–Crippen MR) is 79.7 cm³/mol. The molecule has 1 aliphatic rings. The van der Waals surface area contributed by atoms with Gasteiger partial charge in [-0.25, -0.2) is 0 Å². The Hall–Kier alpha value is -0.240. The SMILES string of the molecule is CNC[C@]1(c2ccc(Cl)c(Cl)c2)CCCC[C@@H]1C. The van der Waals surface area contributed by atoms with Crippen LogP contribution < -0.4 is 5.32 Å². The van der Waals surface area contributed by atoms with Gasteiger partial charge < -0.3 is 5.32 Å². The molecule has 0 heterocycles. The average Bonchev–Trinajstić information content (AvgIpc) is 2.36. The summed E-state index contributed by atoms with van der Waals surface area (Å²) in [6.07, 6.45) is 5.16. The summed E-state index contributed by atoms with van der Waals surface area (Å²) >= 11 is 12.2. The van der Waals surface area contributed by atoms with Crippen molar-refractivity contribution >= 4 is 23.2 Å². The lowest BCUT2D eigenvalue weighted by Crippen LogP contribution is -2.44. The summed E-state index contributed by atoms with van der Waals surface area (Å²) in [7, 11) is 2.03. The maximum absolute atomic E-state index is 6.19. The molecule has 0 spiro atoms. The number of likely N-dealkylation sites (N-methyl/N-ethyl adjacent to an activating group) is 1. The number of hydrogen-bond donors (Lipinski definition) is 1. The Labute approximate surface area is 120 Å². The quantitative estimate of drug-likeness (QED) is 0.852. The van der Waals surface area contributed by atoms with Crippen molar-refractivity contribution < 1.29 is 0 Å². The molecule has 100 valence electrons. The molecule has 0 unspecified atom stereocenters. The summed E-state index contributed by atoms with van der Waals surface area (Å²) < 4.78 is 0. The summed E-state index contributed by atoms with van der Waals surface area (Å²) in [6, 6.07) is 6.13.